The van der Waals surface area contributed by atoms with E-state index in [9.17, 15) is 18.8 Å². The van der Waals surface area contributed by atoms with Crippen LogP contribution in [-0.2, 0) is 0 Å². The fourth-order valence-electron chi connectivity index (χ4n) is 4.13. The van der Waals surface area contributed by atoms with E-state index in [1.54, 1.807) is 24.4 Å². The van der Waals surface area contributed by atoms with E-state index in [4.69, 9.17) is 4.74 Å². The molecule has 1 amide bonds. The highest BCUT2D eigenvalue weighted by atomic mass is 19.3. The number of ether oxygens (including phenoxy) is 1. The van der Waals surface area contributed by atoms with Gasteiger partial charge in [0, 0.05) is 43.2 Å². The number of nitrogens with one attached hydrogen (secondary N) is 3. The first-order valence-corrected chi connectivity index (χ1v) is 11.4. The fourth-order valence-corrected chi connectivity index (χ4v) is 4.13. The molecule has 0 spiro atoms. The van der Waals surface area contributed by atoms with Crippen LogP contribution in [0.4, 0.5) is 26.2 Å². The second-order valence-corrected chi connectivity index (χ2v) is 9.31. The third-order valence-electron chi connectivity index (χ3n) is 6.55. The lowest BCUT2D eigenvalue weighted by Crippen LogP contribution is -2.42. The maximum Gasteiger partial charge on any atom is 0.253 e. The maximum atomic E-state index is 13.5. The number of hydrogen-bond donors (Lipinski definition) is 3. The number of methoxy groups -OCH3 is 1. The molecule has 3 heterocycles. The summed E-state index contributed by atoms with van der Waals surface area (Å²) < 4.78 is 32.4. The van der Waals surface area contributed by atoms with Crippen LogP contribution >= 0.6 is 0 Å². The first kappa shape index (κ1) is 22.8. The van der Waals surface area contributed by atoms with E-state index >= 15 is 0 Å². The Hall–Kier alpha value is -3.94. The highest BCUT2D eigenvalue weighted by Gasteiger charge is 2.38. The van der Waals surface area contributed by atoms with E-state index in [-0.39, 0.29) is 43.3 Å². The number of piperidine rings is 1. The number of nitriles is 1. The smallest absolute Gasteiger partial charge is 0.253 e. The number of nitrogens with zero attached hydrogens (tertiary/aromatic N) is 4. The van der Waals surface area contributed by atoms with Gasteiger partial charge in [-0.2, -0.15) is 15.2 Å². The van der Waals surface area contributed by atoms with Crippen LogP contribution in [0.3, 0.4) is 0 Å². The number of aromatic amines is 1. The Morgan fingerprint density at radius 3 is 2.63 bits per heavy atom. The zero-order valence-corrected chi connectivity index (χ0v) is 19.4. The summed E-state index contributed by atoms with van der Waals surface area (Å²) in [6.07, 6.45) is 2.94. The summed E-state index contributed by atoms with van der Waals surface area (Å²) in [5.41, 5.74) is 1.78. The monoisotopic (exact) mass is 481 g/mol. The second kappa shape index (κ2) is 8.37. The van der Waals surface area contributed by atoms with Crippen molar-refractivity contribution >= 4 is 34.4 Å². The molecule has 1 saturated heterocycles. The van der Waals surface area contributed by atoms with Crippen molar-refractivity contribution in [2.24, 2.45) is 0 Å². The minimum absolute atomic E-state index is 0.0114. The number of hydrogen-bond acceptors (Lipinski definition) is 7. The zero-order chi connectivity index (χ0) is 24.8. The molecule has 3 aromatic rings. The Balaban J connectivity index is 1.41. The summed E-state index contributed by atoms with van der Waals surface area (Å²) in [6, 6.07) is 7.02. The molecule has 0 bridgehead atoms. The van der Waals surface area contributed by atoms with E-state index in [1.165, 1.54) is 12.0 Å². The van der Waals surface area contributed by atoms with E-state index in [2.05, 4.69) is 38.6 Å². The molecule has 11 heteroatoms. The molecule has 0 atom stereocenters. The van der Waals surface area contributed by atoms with Gasteiger partial charge in [-0.3, -0.25) is 4.79 Å². The third-order valence-corrected chi connectivity index (χ3v) is 6.55. The highest BCUT2D eigenvalue weighted by molar-refractivity contribution is 5.96. The third kappa shape index (κ3) is 4.56. The number of likely N-dealkylation sites (tertiary alicyclic amines) is 1. The van der Waals surface area contributed by atoms with Gasteiger partial charge in [0.05, 0.1) is 23.7 Å². The highest BCUT2D eigenvalue weighted by Crippen LogP contribution is 2.40. The van der Waals surface area contributed by atoms with Crippen molar-refractivity contribution in [3.05, 3.63) is 35.5 Å². The summed E-state index contributed by atoms with van der Waals surface area (Å²) in [4.78, 5) is 26.4. The van der Waals surface area contributed by atoms with Gasteiger partial charge in [-0.05, 0) is 38.0 Å². The van der Waals surface area contributed by atoms with Gasteiger partial charge in [-0.15, -0.1) is 0 Å². The lowest BCUT2D eigenvalue weighted by Gasteiger charge is -2.31. The van der Waals surface area contributed by atoms with Crippen molar-refractivity contribution in [2.45, 2.75) is 44.1 Å². The largest absolute Gasteiger partial charge is 0.495 e. The standard InChI is InChI=1S/C24H25F2N7O2/c1-23(5-6-23)32-20-18-15(12-27)13-28-19(18)30-22(31-20)29-16-4-3-14(11-17(16)35-2)21(34)33-9-7-24(25,26)8-10-33/h3-4,11,13H,5-10H2,1-2H3,(H3,28,29,30,31,32). The Morgan fingerprint density at radius 2 is 1.97 bits per heavy atom. The SMILES string of the molecule is COc1cc(C(=O)N2CCC(F)(F)CC2)ccc1Nc1nc(NC2(C)CC2)c2c(C#N)c[nH]c2n1. The summed E-state index contributed by atoms with van der Waals surface area (Å²) in [6.45, 7) is 2.12. The minimum Gasteiger partial charge on any atom is -0.495 e. The number of alkyl halides is 2. The Bertz CT molecular complexity index is 1330. The molecule has 35 heavy (non-hydrogen) atoms. The van der Waals surface area contributed by atoms with Crippen molar-refractivity contribution in [1.29, 1.82) is 5.26 Å². The quantitative estimate of drug-likeness (QED) is 0.477. The zero-order valence-electron chi connectivity index (χ0n) is 19.4. The first-order chi connectivity index (χ1) is 16.7. The molecule has 5 rings (SSSR count). The molecule has 2 fully saturated rings. The molecular weight excluding hydrogens is 456 g/mol. The number of carbonyl (C=O) groups is 1. The first-order valence-electron chi connectivity index (χ1n) is 11.4. The number of aromatic nitrogens is 3. The van der Waals surface area contributed by atoms with Gasteiger partial charge in [-0.25, -0.2) is 8.78 Å². The van der Waals surface area contributed by atoms with Gasteiger partial charge in [0.1, 0.15) is 23.3 Å². The van der Waals surface area contributed by atoms with Gasteiger partial charge >= 0.3 is 0 Å². The van der Waals surface area contributed by atoms with Crippen molar-refractivity contribution < 1.29 is 18.3 Å². The van der Waals surface area contributed by atoms with E-state index in [1.807, 2.05) is 0 Å². The van der Waals surface area contributed by atoms with Crippen LogP contribution in [0.1, 0.15) is 48.5 Å². The molecule has 0 unspecified atom stereocenters. The summed E-state index contributed by atoms with van der Waals surface area (Å²) in [5, 5.41) is 16.7. The minimum atomic E-state index is -2.72. The van der Waals surface area contributed by atoms with Crippen LogP contribution in [0.25, 0.3) is 11.0 Å². The molecule has 1 aliphatic heterocycles. The molecule has 9 nitrogen and oxygen atoms in total. The molecular formula is C24H25F2N7O2. The van der Waals surface area contributed by atoms with Crippen molar-refractivity contribution in [3.63, 3.8) is 0 Å². The number of carbonyl (C=O) groups excluding carboxylic acids is 1. The van der Waals surface area contributed by atoms with E-state index in [0.717, 1.165) is 12.8 Å². The van der Waals surface area contributed by atoms with Crippen LogP contribution in [0.15, 0.2) is 24.4 Å². The molecule has 0 radical (unpaired) electrons. The molecule has 3 N–H and O–H groups in total. The van der Waals surface area contributed by atoms with Crippen LogP contribution < -0.4 is 15.4 Å². The lowest BCUT2D eigenvalue weighted by molar-refractivity contribution is -0.0494. The molecule has 182 valence electrons. The Kier molecular flexibility index (Phi) is 5.46. The second-order valence-electron chi connectivity index (χ2n) is 9.31. The van der Waals surface area contributed by atoms with Gasteiger partial charge in [-0.1, -0.05) is 0 Å². The van der Waals surface area contributed by atoms with E-state index in [0.29, 0.717) is 39.4 Å². The maximum absolute atomic E-state index is 13.5. The molecule has 1 aliphatic carbocycles. The molecule has 2 aromatic heterocycles. The van der Waals surface area contributed by atoms with Gasteiger partial charge < -0.3 is 25.3 Å². The topological polar surface area (TPSA) is 119 Å². The van der Waals surface area contributed by atoms with Crippen LogP contribution in [0.5, 0.6) is 5.75 Å². The summed E-state index contributed by atoms with van der Waals surface area (Å²) >= 11 is 0. The number of fused-ring (bicyclic) bond motifs is 1. The molecule has 1 aromatic carbocycles. The van der Waals surface area contributed by atoms with Crippen molar-refractivity contribution in [1.82, 2.24) is 19.9 Å². The fraction of sp³-hybridized carbons (Fsp3) is 0.417. The average molecular weight is 482 g/mol. The molecule has 1 saturated carbocycles. The Morgan fingerprint density at radius 1 is 1.23 bits per heavy atom. The van der Waals surface area contributed by atoms with Gasteiger partial charge in [0.15, 0.2) is 0 Å². The number of halogens is 2. The molecule has 2 aliphatic rings. The van der Waals surface area contributed by atoms with Gasteiger partial charge in [0.2, 0.25) is 5.95 Å². The normalized spacial score (nSPS) is 18.1. The number of rotatable bonds is 6. The van der Waals surface area contributed by atoms with Crippen LogP contribution in [0, 0.1) is 11.3 Å². The average Bonchev–Trinajstić information content (AvgIpc) is 3.40. The number of benzene rings is 1. The number of anilines is 3. The van der Waals surface area contributed by atoms with E-state index < -0.39 is 5.92 Å². The predicted molar refractivity (Wildman–Crippen MR) is 126 cm³/mol. The summed E-state index contributed by atoms with van der Waals surface area (Å²) in [5.74, 6) is -1.81. The van der Waals surface area contributed by atoms with Gasteiger partial charge in [0.25, 0.3) is 11.8 Å². The lowest BCUT2D eigenvalue weighted by atomic mass is 10.1. The number of H-pyrrole nitrogens is 1. The van der Waals surface area contributed by atoms with Crippen LogP contribution in [0.2, 0.25) is 0 Å². The van der Waals surface area contributed by atoms with Crippen molar-refractivity contribution in [3.8, 4) is 11.8 Å². The summed E-state index contributed by atoms with van der Waals surface area (Å²) in [7, 11) is 1.48. The van der Waals surface area contributed by atoms with Crippen molar-refractivity contribution in [2.75, 3.05) is 30.8 Å². The van der Waals surface area contributed by atoms with Crippen LogP contribution in [-0.4, -0.2) is 57.4 Å². The number of amides is 1. The Labute approximate surface area is 200 Å². The predicted octanol–water partition coefficient (Wildman–Crippen LogP) is 4.42.